The molecule has 0 rings (SSSR count). The Morgan fingerprint density at radius 3 is 2.10 bits per heavy atom. The summed E-state index contributed by atoms with van der Waals surface area (Å²) >= 11 is 0. The van der Waals surface area contributed by atoms with Crippen LogP contribution in [-0.4, -0.2) is 34.9 Å². The molecule has 60 valence electrons. The lowest BCUT2D eigenvalue weighted by molar-refractivity contribution is 0.0230. The Morgan fingerprint density at radius 2 is 2.00 bits per heavy atom. The Hall–Kier alpha value is -0.203. The smallest absolute Gasteiger partial charge is 0.374 e. The maximum atomic E-state index is 8.40. The molecule has 0 saturated carbocycles. The Balaban J connectivity index is 4.00. The quantitative estimate of drug-likeness (QED) is 0.455. The second-order valence-electron chi connectivity index (χ2n) is 1.49. The predicted molar refractivity (Wildman–Crippen MR) is 38.1 cm³/mol. The first-order chi connectivity index (χ1) is 4.74. The summed E-state index contributed by atoms with van der Waals surface area (Å²) in [7, 11) is 0.199. The summed E-state index contributed by atoms with van der Waals surface area (Å²) in [5, 5.41) is 8.40. The summed E-state index contributed by atoms with van der Waals surface area (Å²) < 4.78 is 14.6. The van der Waals surface area contributed by atoms with E-state index in [1.165, 1.54) is 19.9 Å². The van der Waals surface area contributed by atoms with Crippen molar-refractivity contribution in [2.24, 2.45) is 0 Å². The zero-order valence-corrected chi connectivity index (χ0v) is 7.16. The Kier molecular flexibility index (Phi) is 4.49. The number of aliphatic hydroxyl groups excluding tert-OH is 1. The molecule has 10 heavy (non-hydrogen) atoms. The molecule has 0 aliphatic carbocycles. The van der Waals surface area contributed by atoms with E-state index in [0.29, 0.717) is 0 Å². The van der Waals surface area contributed by atoms with Gasteiger partial charge in [-0.1, -0.05) is 6.58 Å². The van der Waals surface area contributed by atoms with E-state index < -0.39 is 15.6 Å². The second-order valence-corrected chi connectivity index (χ2v) is 4.21. The minimum atomic E-state index is -2.70. The van der Waals surface area contributed by atoms with Crippen LogP contribution in [-0.2, 0) is 13.3 Å². The number of hydrogen-bond acceptors (Lipinski definition) is 4. The van der Waals surface area contributed by atoms with Crippen molar-refractivity contribution < 1.29 is 18.4 Å². The summed E-state index contributed by atoms with van der Waals surface area (Å²) in [5.74, 6) is 0. The molecule has 0 saturated heterocycles. The van der Waals surface area contributed by atoms with Crippen molar-refractivity contribution in [3.05, 3.63) is 12.3 Å². The van der Waals surface area contributed by atoms with Crippen LogP contribution >= 0.6 is 0 Å². The van der Waals surface area contributed by atoms with Gasteiger partial charge in [0, 0.05) is 14.2 Å². The molecule has 0 unspecified atom stereocenters. The minimum absolute atomic E-state index is 0.417. The highest BCUT2D eigenvalue weighted by Gasteiger charge is 2.34. The molecule has 0 heterocycles. The fourth-order valence-electron chi connectivity index (χ4n) is 0.517. The van der Waals surface area contributed by atoms with Crippen molar-refractivity contribution >= 4 is 8.80 Å². The van der Waals surface area contributed by atoms with Crippen LogP contribution in [0.2, 0.25) is 0 Å². The van der Waals surface area contributed by atoms with Gasteiger partial charge in [0.15, 0.2) is 0 Å². The van der Waals surface area contributed by atoms with Crippen molar-refractivity contribution in [2.45, 2.75) is 0 Å². The number of rotatable bonds is 5. The van der Waals surface area contributed by atoms with E-state index in [1.54, 1.807) is 0 Å². The lowest BCUT2D eigenvalue weighted by Crippen LogP contribution is -2.42. The fourth-order valence-corrected chi connectivity index (χ4v) is 1.55. The molecule has 0 aromatic carbocycles. The van der Waals surface area contributed by atoms with Gasteiger partial charge in [-0.2, -0.15) is 0 Å². The van der Waals surface area contributed by atoms with E-state index in [2.05, 4.69) is 6.58 Å². The van der Waals surface area contributed by atoms with Gasteiger partial charge in [0.05, 0.1) is 0 Å². The first kappa shape index (κ1) is 9.80. The fraction of sp³-hybridized carbons (Fsp3) is 0.600. The van der Waals surface area contributed by atoms with E-state index >= 15 is 0 Å². The molecule has 1 N–H and O–H groups in total. The van der Waals surface area contributed by atoms with Crippen LogP contribution in [0.3, 0.4) is 0 Å². The van der Waals surface area contributed by atoms with Gasteiger partial charge in [-0.05, 0) is 5.70 Å². The summed E-state index contributed by atoms with van der Waals surface area (Å²) in [4.78, 5) is 0. The van der Waals surface area contributed by atoms with Gasteiger partial charge in [-0.15, -0.1) is 0 Å². The lowest BCUT2D eigenvalue weighted by Gasteiger charge is -2.20. The molecule has 5 heteroatoms. The maximum Gasteiger partial charge on any atom is 0.530 e. The van der Waals surface area contributed by atoms with Gasteiger partial charge in [0.1, 0.15) is 6.79 Å². The molecule has 0 fully saturated rings. The monoisotopic (exact) mass is 164 g/mol. The van der Waals surface area contributed by atoms with Crippen LogP contribution in [0.5, 0.6) is 0 Å². The zero-order chi connectivity index (χ0) is 8.04. The molecule has 0 aliphatic heterocycles. The van der Waals surface area contributed by atoms with Crippen LogP contribution in [0.4, 0.5) is 0 Å². The highest BCUT2D eigenvalue weighted by molar-refractivity contribution is 6.66. The third kappa shape index (κ3) is 2.20. The second kappa shape index (κ2) is 4.59. The predicted octanol–water partition coefficient (Wildman–Crippen LogP) is -0.0903. The van der Waals surface area contributed by atoms with Gasteiger partial charge < -0.3 is 18.4 Å². The summed E-state index contributed by atoms with van der Waals surface area (Å²) in [6, 6.07) is 0. The average molecular weight is 164 g/mol. The summed E-state index contributed by atoms with van der Waals surface area (Å²) in [6.07, 6.45) is 0. The molecule has 0 bridgehead atoms. The van der Waals surface area contributed by atoms with Crippen LogP contribution < -0.4 is 0 Å². The van der Waals surface area contributed by atoms with E-state index in [9.17, 15) is 0 Å². The third-order valence-electron chi connectivity index (χ3n) is 1.08. The molecule has 0 aromatic heterocycles. The first-order valence-electron chi connectivity index (χ1n) is 2.73. The molecule has 0 atom stereocenters. The maximum absolute atomic E-state index is 8.40. The average Bonchev–Trinajstić information content (AvgIpc) is 2.01. The largest absolute Gasteiger partial charge is 0.530 e. The van der Waals surface area contributed by atoms with E-state index in [0.717, 1.165) is 0 Å². The zero-order valence-electron chi connectivity index (χ0n) is 6.16. The van der Waals surface area contributed by atoms with Crippen LogP contribution in [0.25, 0.3) is 0 Å². The highest BCUT2D eigenvalue weighted by Crippen LogP contribution is 2.06. The van der Waals surface area contributed by atoms with E-state index in [-0.39, 0.29) is 0 Å². The Labute approximate surface area is 61.4 Å². The van der Waals surface area contributed by atoms with Crippen LogP contribution in [0.15, 0.2) is 12.3 Å². The van der Waals surface area contributed by atoms with Gasteiger partial charge in [0.2, 0.25) is 0 Å². The number of hydrogen-bond donors (Lipinski definition) is 1. The van der Waals surface area contributed by atoms with Crippen molar-refractivity contribution in [2.75, 3.05) is 21.0 Å². The van der Waals surface area contributed by atoms with Crippen molar-refractivity contribution in [1.29, 1.82) is 0 Å². The minimum Gasteiger partial charge on any atom is -0.374 e. The van der Waals surface area contributed by atoms with E-state index in [4.69, 9.17) is 18.4 Å². The molecule has 0 radical (unpaired) electrons. The highest BCUT2D eigenvalue weighted by atomic mass is 28.4. The van der Waals surface area contributed by atoms with Crippen molar-refractivity contribution in [3.63, 3.8) is 0 Å². The van der Waals surface area contributed by atoms with Gasteiger partial charge in [-0.3, -0.25) is 0 Å². The molecular formula is C5H12O4Si. The summed E-state index contributed by atoms with van der Waals surface area (Å²) in [6.45, 7) is 3.05. The Bertz CT molecular complexity index is 102. The normalized spacial score (nSPS) is 11.5. The van der Waals surface area contributed by atoms with Crippen molar-refractivity contribution in [3.8, 4) is 0 Å². The SMILES string of the molecule is C=C[Si](OC)(OC)OCO. The summed E-state index contributed by atoms with van der Waals surface area (Å²) in [5.41, 5.74) is 1.45. The lowest BCUT2D eigenvalue weighted by atomic mass is 11.3. The molecular weight excluding hydrogens is 152 g/mol. The van der Waals surface area contributed by atoms with Gasteiger partial charge in [0.25, 0.3) is 0 Å². The molecule has 0 spiro atoms. The van der Waals surface area contributed by atoms with Gasteiger partial charge >= 0.3 is 8.80 Å². The molecule has 0 aliphatic rings. The molecule has 0 amide bonds. The van der Waals surface area contributed by atoms with E-state index in [1.807, 2.05) is 0 Å². The van der Waals surface area contributed by atoms with Gasteiger partial charge in [-0.25, -0.2) is 0 Å². The van der Waals surface area contributed by atoms with Crippen molar-refractivity contribution in [1.82, 2.24) is 0 Å². The third-order valence-corrected chi connectivity index (χ3v) is 3.25. The Morgan fingerprint density at radius 1 is 1.50 bits per heavy atom. The van der Waals surface area contributed by atoms with Crippen LogP contribution in [0.1, 0.15) is 0 Å². The van der Waals surface area contributed by atoms with Crippen LogP contribution in [0, 0.1) is 0 Å². The molecule has 0 aromatic rings. The topological polar surface area (TPSA) is 47.9 Å². The molecule has 4 nitrogen and oxygen atoms in total. The first-order valence-corrected chi connectivity index (χ1v) is 4.53. The number of aliphatic hydroxyl groups is 1. The standard InChI is InChI=1S/C5H12O4Si/c1-4-10(7-2,8-3)9-5-6/h4,6H,1,5H2,2-3H3.